The monoisotopic (exact) mass is 139 g/mol. The predicted molar refractivity (Wildman–Crippen MR) is 46.9 cm³/mol. The fourth-order valence-corrected chi connectivity index (χ4v) is 0.783. The van der Waals surface area contributed by atoms with Crippen LogP contribution in [0.4, 0.5) is 0 Å². The van der Waals surface area contributed by atoms with Crippen molar-refractivity contribution in [2.45, 2.75) is 26.2 Å². The Hall–Kier alpha value is -0.560. The molecule has 0 aliphatic rings. The quantitative estimate of drug-likeness (QED) is 0.581. The molecule has 1 heteroatoms. The second kappa shape index (κ2) is 6.56. The van der Waals surface area contributed by atoms with Crippen LogP contribution in [0.3, 0.4) is 0 Å². The summed E-state index contributed by atoms with van der Waals surface area (Å²) >= 11 is 0. The molecular weight excluding hydrogens is 122 g/mol. The van der Waals surface area contributed by atoms with E-state index in [2.05, 4.69) is 18.7 Å². The maximum Gasteiger partial charge on any atom is -0.00400 e. The van der Waals surface area contributed by atoms with Gasteiger partial charge in [0.2, 0.25) is 0 Å². The Morgan fingerprint density at radius 3 is 2.70 bits per heavy atom. The van der Waals surface area contributed by atoms with Crippen molar-refractivity contribution in [2.24, 2.45) is 5.73 Å². The Labute approximate surface area is 63.6 Å². The highest BCUT2D eigenvalue weighted by Crippen LogP contribution is 2.05. The van der Waals surface area contributed by atoms with Crippen LogP contribution in [0, 0.1) is 0 Å². The summed E-state index contributed by atoms with van der Waals surface area (Å²) in [7, 11) is 0. The summed E-state index contributed by atoms with van der Waals surface area (Å²) < 4.78 is 0. The van der Waals surface area contributed by atoms with E-state index >= 15 is 0 Å². The van der Waals surface area contributed by atoms with E-state index in [-0.39, 0.29) is 0 Å². The van der Waals surface area contributed by atoms with Crippen LogP contribution in [0.5, 0.6) is 0 Å². The van der Waals surface area contributed by atoms with Crippen molar-refractivity contribution in [3.05, 3.63) is 24.3 Å². The van der Waals surface area contributed by atoms with E-state index in [9.17, 15) is 0 Å². The summed E-state index contributed by atoms with van der Waals surface area (Å²) in [4.78, 5) is 0. The lowest BCUT2D eigenvalue weighted by molar-refractivity contribution is 0.861. The van der Waals surface area contributed by atoms with Gasteiger partial charge in [0.05, 0.1) is 0 Å². The van der Waals surface area contributed by atoms with Crippen LogP contribution < -0.4 is 5.73 Å². The molecule has 0 amide bonds. The minimum absolute atomic E-state index is 0.731. The zero-order chi connectivity index (χ0) is 7.82. The first-order chi connectivity index (χ1) is 4.81. The molecule has 0 rings (SSSR count). The van der Waals surface area contributed by atoms with Crippen LogP contribution in [0.2, 0.25) is 0 Å². The number of rotatable bonds is 5. The standard InChI is InChI=1S/C9H17N/c1-3-4-5-6-9(2)7-8-10/h3-4H,2,5-8,10H2,1H3/b4-3-. The molecule has 0 bridgehead atoms. The van der Waals surface area contributed by atoms with Gasteiger partial charge in [-0.05, 0) is 32.7 Å². The molecular formula is C9H17N. The predicted octanol–water partition coefficient (Wildman–Crippen LogP) is 2.25. The van der Waals surface area contributed by atoms with Gasteiger partial charge in [0, 0.05) is 0 Å². The SMILES string of the molecule is C=C(CCN)CC/C=C\C. The molecule has 0 saturated heterocycles. The average molecular weight is 139 g/mol. The van der Waals surface area contributed by atoms with Crippen LogP contribution in [-0.4, -0.2) is 6.54 Å². The number of hydrogen-bond donors (Lipinski definition) is 1. The Morgan fingerprint density at radius 2 is 2.20 bits per heavy atom. The second-order valence-corrected chi connectivity index (χ2v) is 2.40. The molecule has 0 aliphatic heterocycles. The van der Waals surface area contributed by atoms with Gasteiger partial charge >= 0.3 is 0 Å². The topological polar surface area (TPSA) is 26.0 Å². The van der Waals surface area contributed by atoms with E-state index in [1.54, 1.807) is 0 Å². The zero-order valence-corrected chi connectivity index (χ0v) is 6.77. The molecule has 0 fully saturated rings. The minimum Gasteiger partial charge on any atom is -0.330 e. The Morgan fingerprint density at radius 1 is 1.50 bits per heavy atom. The zero-order valence-electron chi connectivity index (χ0n) is 6.77. The van der Waals surface area contributed by atoms with Gasteiger partial charge in [0.1, 0.15) is 0 Å². The highest BCUT2D eigenvalue weighted by Gasteiger charge is 1.89. The Bertz CT molecular complexity index is 114. The first-order valence-corrected chi connectivity index (χ1v) is 3.79. The number of allylic oxidation sites excluding steroid dienone is 2. The highest BCUT2D eigenvalue weighted by molar-refractivity contribution is 4.96. The molecule has 0 radical (unpaired) electrons. The molecule has 0 aliphatic carbocycles. The maximum absolute atomic E-state index is 5.35. The van der Waals surface area contributed by atoms with E-state index in [0.717, 1.165) is 25.8 Å². The van der Waals surface area contributed by atoms with Crippen LogP contribution in [0.15, 0.2) is 24.3 Å². The van der Waals surface area contributed by atoms with Crippen molar-refractivity contribution >= 4 is 0 Å². The Kier molecular flexibility index (Phi) is 6.19. The molecule has 0 aromatic heterocycles. The van der Waals surface area contributed by atoms with E-state index in [4.69, 9.17) is 5.73 Å². The molecule has 2 N–H and O–H groups in total. The first-order valence-electron chi connectivity index (χ1n) is 3.79. The van der Waals surface area contributed by atoms with Gasteiger partial charge in [-0.2, -0.15) is 0 Å². The molecule has 0 heterocycles. The number of hydrogen-bond acceptors (Lipinski definition) is 1. The van der Waals surface area contributed by atoms with Gasteiger partial charge in [-0.25, -0.2) is 0 Å². The summed E-state index contributed by atoms with van der Waals surface area (Å²) in [6, 6.07) is 0. The van der Waals surface area contributed by atoms with Crippen molar-refractivity contribution in [1.82, 2.24) is 0 Å². The van der Waals surface area contributed by atoms with Gasteiger partial charge in [-0.15, -0.1) is 0 Å². The molecule has 0 spiro atoms. The molecule has 10 heavy (non-hydrogen) atoms. The summed E-state index contributed by atoms with van der Waals surface area (Å²) in [6.07, 6.45) is 7.38. The van der Waals surface area contributed by atoms with Crippen molar-refractivity contribution < 1.29 is 0 Å². The van der Waals surface area contributed by atoms with Gasteiger partial charge in [0.25, 0.3) is 0 Å². The minimum atomic E-state index is 0.731. The third-order valence-corrected chi connectivity index (χ3v) is 1.40. The van der Waals surface area contributed by atoms with Crippen LogP contribution >= 0.6 is 0 Å². The normalized spacial score (nSPS) is 10.6. The van der Waals surface area contributed by atoms with E-state index in [0.29, 0.717) is 0 Å². The molecule has 0 unspecified atom stereocenters. The fourth-order valence-electron chi connectivity index (χ4n) is 0.783. The molecule has 0 aromatic rings. The third kappa shape index (κ3) is 5.57. The van der Waals surface area contributed by atoms with Crippen molar-refractivity contribution in [3.8, 4) is 0 Å². The van der Waals surface area contributed by atoms with Crippen LogP contribution in [0.25, 0.3) is 0 Å². The largest absolute Gasteiger partial charge is 0.330 e. The van der Waals surface area contributed by atoms with Crippen molar-refractivity contribution in [1.29, 1.82) is 0 Å². The van der Waals surface area contributed by atoms with Gasteiger partial charge in [-0.1, -0.05) is 24.3 Å². The summed E-state index contributed by atoms with van der Waals surface area (Å²) in [5.41, 5.74) is 6.62. The van der Waals surface area contributed by atoms with E-state index in [1.165, 1.54) is 5.57 Å². The van der Waals surface area contributed by atoms with Crippen LogP contribution in [-0.2, 0) is 0 Å². The van der Waals surface area contributed by atoms with Gasteiger partial charge in [0.15, 0.2) is 0 Å². The molecule has 0 atom stereocenters. The fraction of sp³-hybridized carbons (Fsp3) is 0.556. The van der Waals surface area contributed by atoms with Gasteiger partial charge in [-0.3, -0.25) is 0 Å². The van der Waals surface area contributed by atoms with Crippen molar-refractivity contribution in [3.63, 3.8) is 0 Å². The molecule has 1 nitrogen and oxygen atoms in total. The molecule has 0 aromatic carbocycles. The number of nitrogens with two attached hydrogens (primary N) is 1. The van der Waals surface area contributed by atoms with Crippen LogP contribution in [0.1, 0.15) is 26.2 Å². The highest BCUT2D eigenvalue weighted by atomic mass is 14.5. The first kappa shape index (κ1) is 9.44. The van der Waals surface area contributed by atoms with Gasteiger partial charge < -0.3 is 5.73 Å². The smallest absolute Gasteiger partial charge is 0.00400 e. The Balaban J connectivity index is 3.21. The second-order valence-electron chi connectivity index (χ2n) is 2.40. The summed E-state index contributed by atoms with van der Waals surface area (Å²) in [5, 5.41) is 0. The van der Waals surface area contributed by atoms with E-state index in [1.807, 2.05) is 6.92 Å². The lowest BCUT2D eigenvalue weighted by Crippen LogP contribution is -1.99. The third-order valence-electron chi connectivity index (χ3n) is 1.40. The van der Waals surface area contributed by atoms with E-state index < -0.39 is 0 Å². The molecule has 0 saturated carbocycles. The maximum atomic E-state index is 5.35. The lowest BCUT2D eigenvalue weighted by Gasteiger charge is -1.99. The summed E-state index contributed by atoms with van der Waals surface area (Å²) in [6.45, 7) is 6.67. The lowest BCUT2D eigenvalue weighted by atomic mass is 10.1. The van der Waals surface area contributed by atoms with Crippen molar-refractivity contribution in [2.75, 3.05) is 6.54 Å². The summed E-state index contributed by atoms with van der Waals surface area (Å²) in [5.74, 6) is 0. The average Bonchev–Trinajstić information content (AvgIpc) is 1.89. The molecule has 58 valence electrons.